The number of phenolic OH excluding ortho intramolecular Hbond substituents is 1. The molecule has 35 heavy (non-hydrogen) atoms. The number of allylic oxidation sites excluding steroid dienone is 1. The number of aliphatic hydroxyl groups is 1. The van der Waals surface area contributed by atoms with E-state index < -0.39 is 64.4 Å². The number of carbonyl (C=O) groups is 5. The maximum Gasteiger partial charge on any atom is 0.235 e. The van der Waals surface area contributed by atoms with E-state index in [-0.39, 0.29) is 30.1 Å². The van der Waals surface area contributed by atoms with Gasteiger partial charge in [0.2, 0.25) is 5.91 Å². The van der Waals surface area contributed by atoms with Crippen molar-refractivity contribution in [2.75, 3.05) is 14.1 Å². The number of Topliss-reactive ketones (excluding diaryl/α,β-unsaturated/α-hetero) is 4. The SMILES string of the molecule is CC(C)/C=C/c1ccc(O)c2c1C[C@@H]1C[C@@H]3[C@@H](N(C)C)C(=O)C(C(N)=O)C(=O)[C@]3(O)C(=O)C1C2=O. The zero-order chi connectivity index (χ0) is 26.0. The summed E-state index contributed by atoms with van der Waals surface area (Å²) in [4.78, 5) is 67.1. The minimum absolute atomic E-state index is 0.00232. The molecule has 1 amide bonds. The third-order valence-corrected chi connectivity index (χ3v) is 7.64. The Hall–Kier alpha value is -3.17. The molecule has 2 fully saturated rings. The highest BCUT2D eigenvalue weighted by molar-refractivity contribution is 6.32. The highest BCUT2D eigenvalue weighted by Crippen LogP contribution is 2.51. The number of fused-ring (bicyclic) bond motifs is 3. The standard InChI is InChI=1S/C26H30N2O7/c1-11(2)5-6-12-7-8-16(29)18-14(12)9-13-10-15-20(28(3)4)22(31)19(25(27)34)24(33)26(15,35)23(32)17(13)21(18)30/h5-8,11,13,15,17,19-20,29,35H,9-10H2,1-4H3,(H2,27,34)/b6-5+/t13-,15-,17?,19?,20-,26-/m1/s1. The van der Waals surface area contributed by atoms with Crippen molar-refractivity contribution in [1.82, 2.24) is 4.90 Å². The van der Waals surface area contributed by atoms with Crippen LogP contribution in [0.25, 0.3) is 6.08 Å². The number of primary amides is 1. The number of nitrogens with two attached hydrogens (primary N) is 1. The Kier molecular flexibility index (Phi) is 6.05. The summed E-state index contributed by atoms with van der Waals surface area (Å²) in [6.07, 6.45) is 4.11. The number of rotatable bonds is 4. The first-order valence-electron chi connectivity index (χ1n) is 11.7. The van der Waals surface area contributed by atoms with E-state index >= 15 is 0 Å². The van der Waals surface area contributed by atoms with E-state index in [2.05, 4.69) is 0 Å². The molecule has 0 aliphatic heterocycles. The first-order chi connectivity index (χ1) is 16.3. The molecule has 0 spiro atoms. The number of nitrogens with zero attached hydrogens (tertiary/aromatic N) is 1. The number of hydrogen-bond donors (Lipinski definition) is 3. The van der Waals surface area contributed by atoms with Crippen LogP contribution in [0, 0.1) is 29.6 Å². The molecule has 3 aliphatic rings. The second kappa shape index (κ2) is 8.49. The molecule has 1 aromatic rings. The molecule has 4 rings (SSSR count). The normalized spacial score (nSPS) is 32.7. The van der Waals surface area contributed by atoms with E-state index in [4.69, 9.17) is 5.73 Å². The molecule has 0 radical (unpaired) electrons. The van der Waals surface area contributed by atoms with Crippen molar-refractivity contribution in [2.45, 2.75) is 38.3 Å². The van der Waals surface area contributed by atoms with Crippen molar-refractivity contribution in [3.8, 4) is 5.75 Å². The summed E-state index contributed by atoms with van der Waals surface area (Å²) in [7, 11) is 3.11. The van der Waals surface area contributed by atoms with Crippen molar-refractivity contribution in [3.05, 3.63) is 34.9 Å². The van der Waals surface area contributed by atoms with Gasteiger partial charge in [-0.2, -0.15) is 0 Å². The van der Waals surface area contributed by atoms with Gasteiger partial charge < -0.3 is 15.9 Å². The third kappa shape index (κ3) is 3.56. The maximum absolute atomic E-state index is 13.7. The topological polar surface area (TPSA) is 155 Å². The number of hydrogen-bond acceptors (Lipinski definition) is 8. The van der Waals surface area contributed by atoms with Crippen molar-refractivity contribution in [2.24, 2.45) is 35.3 Å². The van der Waals surface area contributed by atoms with Crippen LogP contribution in [-0.4, -0.2) is 69.9 Å². The Morgan fingerprint density at radius 2 is 1.83 bits per heavy atom. The predicted molar refractivity (Wildman–Crippen MR) is 125 cm³/mol. The lowest BCUT2D eigenvalue weighted by Gasteiger charge is -2.52. The van der Waals surface area contributed by atoms with Crippen LogP contribution in [0.15, 0.2) is 18.2 Å². The zero-order valence-corrected chi connectivity index (χ0v) is 20.1. The zero-order valence-electron chi connectivity index (χ0n) is 20.1. The van der Waals surface area contributed by atoms with Crippen LogP contribution in [0.1, 0.15) is 41.8 Å². The highest BCUT2D eigenvalue weighted by Gasteiger charge is 2.69. The summed E-state index contributed by atoms with van der Waals surface area (Å²) in [5.74, 6) is -10.1. The Labute approximate surface area is 203 Å². The number of likely N-dealkylation sites (N-methyl/N-ethyl adjacent to an activating group) is 1. The molecule has 0 aromatic heterocycles. The monoisotopic (exact) mass is 482 g/mol. The van der Waals surface area contributed by atoms with E-state index in [0.29, 0.717) is 5.56 Å². The van der Waals surface area contributed by atoms with E-state index in [1.165, 1.54) is 11.0 Å². The minimum Gasteiger partial charge on any atom is -0.507 e. The predicted octanol–water partition coefficient (Wildman–Crippen LogP) is 0.536. The lowest BCUT2D eigenvalue weighted by atomic mass is 9.52. The van der Waals surface area contributed by atoms with Crippen LogP contribution in [-0.2, 0) is 25.6 Å². The van der Waals surface area contributed by atoms with Crippen LogP contribution >= 0.6 is 0 Å². The number of aromatic hydroxyl groups is 1. The Morgan fingerprint density at radius 3 is 2.40 bits per heavy atom. The van der Waals surface area contributed by atoms with Gasteiger partial charge in [-0.05, 0) is 56.0 Å². The van der Waals surface area contributed by atoms with Crippen LogP contribution in [0.3, 0.4) is 0 Å². The lowest BCUT2D eigenvalue weighted by Crippen LogP contribution is -2.74. The first kappa shape index (κ1) is 24.9. The summed E-state index contributed by atoms with van der Waals surface area (Å²) in [5, 5.41) is 22.1. The van der Waals surface area contributed by atoms with E-state index in [1.54, 1.807) is 20.2 Å². The summed E-state index contributed by atoms with van der Waals surface area (Å²) >= 11 is 0. The van der Waals surface area contributed by atoms with Gasteiger partial charge in [0.25, 0.3) is 0 Å². The average molecular weight is 483 g/mol. The first-order valence-corrected chi connectivity index (χ1v) is 11.7. The van der Waals surface area contributed by atoms with Gasteiger partial charge in [0.1, 0.15) is 5.75 Å². The molecule has 0 saturated heterocycles. The van der Waals surface area contributed by atoms with Gasteiger partial charge in [0.05, 0.1) is 17.5 Å². The fourth-order valence-corrected chi connectivity index (χ4v) is 6.08. The van der Waals surface area contributed by atoms with Crippen LogP contribution in [0.4, 0.5) is 0 Å². The van der Waals surface area contributed by atoms with Gasteiger partial charge in [0.15, 0.2) is 34.7 Å². The van der Waals surface area contributed by atoms with Crippen molar-refractivity contribution < 1.29 is 34.2 Å². The lowest BCUT2D eigenvalue weighted by molar-refractivity contribution is -0.181. The quantitative estimate of drug-likeness (QED) is 0.525. The summed E-state index contributed by atoms with van der Waals surface area (Å²) in [6, 6.07) is 1.98. The molecule has 6 atom stereocenters. The molecule has 9 nitrogen and oxygen atoms in total. The van der Waals surface area contributed by atoms with Gasteiger partial charge in [-0.3, -0.25) is 28.9 Å². The highest BCUT2D eigenvalue weighted by atomic mass is 16.3. The fourth-order valence-electron chi connectivity index (χ4n) is 6.08. The van der Waals surface area contributed by atoms with Crippen LogP contribution < -0.4 is 5.73 Å². The smallest absolute Gasteiger partial charge is 0.235 e. The number of ketones is 4. The molecule has 9 heteroatoms. The second-order valence-corrected chi connectivity index (χ2v) is 10.4. The van der Waals surface area contributed by atoms with Gasteiger partial charge in [-0.25, -0.2) is 0 Å². The van der Waals surface area contributed by atoms with Gasteiger partial charge in [0, 0.05) is 5.92 Å². The molecular weight excluding hydrogens is 452 g/mol. The van der Waals surface area contributed by atoms with Gasteiger partial charge in [-0.15, -0.1) is 0 Å². The molecule has 2 saturated carbocycles. The molecule has 1 aromatic carbocycles. The Bertz CT molecular complexity index is 1180. The minimum atomic E-state index is -2.71. The maximum atomic E-state index is 13.7. The molecule has 2 unspecified atom stereocenters. The molecular formula is C26H30N2O7. The third-order valence-electron chi connectivity index (χ3n) is 7.64. The number of phenols is 1. The molecule has 3 aliphatic carbocycles. The van der Waals surface area contributed by atoms with Crippen molar-refractivity contribution in [3.63, 3.8) is 0 Å². The molecule has 0 bridgehead atoms. The molecule has 0 heterocycles. The fraction of sp³-hybridized carbons (Fsp3) is 0.500. The Balaban J connectivity index is 1.86. The number of carbonyl (C=O) groups excluding carboxylic acids is 5. The van der Waals surface area contributed by atoms with E-state index in [9.17, 15) is 34.2 Å². The van der Waals surface area contributed by atoms with E-state index in [0.717, 1.165) is 5.56 Å². The Morgan fingerprint density at radius 1 is 1.17 bits per heavy atom. The van der Waals surface area contributed by atoms with Crippen LogP contribution in [0.5, 0.6) is 5.75 Å². The summed E-state index contributed by atoms with van der Waals surface area (Å²) in [6.45, 7) is 4.01. The largest absolute Gasteiger partial charge is 0.507 e. The number of amides is 1. The summed E-state index contributed by atoms with van der Waals surface area (Å²) < 4.78 is 0. The van der Waals surface area contributed by atoms with Gasteiger partial charge >= 0.3 is 0 Å². The van der Waals surface area contributed by atoms with Gasteiger partial charge in [-0.1, -0.05) is 32.1 Å². The summed E-state index contributed by atoms with van der Waals surface area (Å²) in [5.41, 5.74) is 3.94. The molecule has 186 valence electrons. The van der Waals surface area contributed by atoms with E-state index in [1.807, 2.05) is 26.0 Å². The van der Waals surface area contributed by atoms with Crippen molar-refractivity contribution in [1.29, 1.82) is 0 Å². The number of benzene rings is 1. The van der Waals surface area contributed by atoms with Crippen molar-refractivity contribution >= 4 is 35.1 Å². The second-order valence-electron chi connectivity index (χ2n) is 10.4. The average Bonchev–Trinajstić information content (AvgIpc) is 2.75. The van der Waals surface area contributed by atoms with Crippen LogP contribution in [0.2, 0.25) is 0 Å². The molecule has 4 N–H and O–H groups in total.